The Balaban J connectivity index is 1.52. The van der Waals surface area contributed by atoms with Crippen LogP contribution in [0.25, 0.3) is 0 Å². The first-order valence-corrected chi connectivity index (χ1v) is 9.61. The van der Waals surface area contributed by atoms with Gasteiger partial charge in [0.25, 0.3) is 5.91 Å². The minimum atomic E-state index is -0.395. The Labute approximate surface area is 172 Å². The molecule has 0 fully saturated rings. The van der Waals surface area contributed by atoms with Gasteiger partial charge in [-0.2, -0.15) is 5.10 Å². The van der Waals surface area contributed by atoms with Crippen LogP contribution in [0, 0.1) is 0 Å². The summed E-state index contributed by atoms with van der Waals surface area (Å²) in [7, 11) is 0. The second-order valence-electron chi connectivity index (χ2n) is 5.49. The molecule has 2 amide bonds. The van der Waals surface area contributed by atoms with E-state index in [0.29, 0.717) is 21.3 Å². The number of nitrogens with one attached hydrogen (secondary N) is 2. The fraction of sp³-hybridized carbons (Fsp3) is 0.0556. The number of anilines is 1. The molecule has 10 heteroatoms. The second-order valence-corrected chi connectivity index (χ2v) is 7.47. The van der Waals surface area contributed by atoms with E-state index in [1.165, 1.54) is 12.3 Å². The largest absolute Gasteiger partial charge is 0.507 e. The molecule has 0 aliphatic rings. The van der Waals surface area contributed by atoms with Gasteiger partial charge in [0.05, 0.1) is 12.6 Å². The summed E-state index contributed by atoms with van der Waals surface area (Å²) in [5.74, 6) is -0.642. The van der Waals surface area contributed by atoms with Gasteiger partial charge < -0.3 is 5.11 Å². The zero-order valence-electron chi connectivity index (χ0n) is 14.3. The molecule has 8 nitrogen and oxygen atoms in total. The van der Waals surface area contributed by atoms with Gasteiger partial charge in [-0.05, 0) is 36.4 Å². The number of hydrogen-bond donors (Lipinski definition) is 3. The molecule has 142 valence electrons. The molecule has 0 spiro atoms. The zero-order chi connectivity index (χ0) is 19.9. The molecular formula is C18H14BrN5O3S. The predicted octanol–water partition coefficient (Wildman–Crippen LogP) is 2.95. The number of carbonyl (C=O) groups excluding carboxylic acids is 2. The van der Waals surface area contributed by atoms with Gasteiger partial charge in [0, 0.05) is 15.6 Å². The molecule has 0 aliphatic carbocycles. The molecule has 1 heterocycles. The van der Waals surface area contributed by atoms with Gasteiger partial charge >= 0.3 is 0 Å². The van der Waals surface area contributed by atoms with Crippen molar-refractivity contribution in [2.75, 3.05) is 5.32 Å². The van der Waals surface area contributed by atoms with Crippen LogP contribution in [-0.4, -0.2) is 33.3 Å². The lowest BCUT2D eigenvalue weighted by molar-refractivity contribution is -0.120. The number of phenols is 1. The molecule has 0 saturated heterocycles. The highest BCUT2D eigenvalue weighted by atomic mass is 79.9. The molecule has 28 heavy (non-hydrogen) atoms. The number of nitrogens with zero attached hydrogens (tertiary/aromatic N) is 3. The van der Waals surface area contributed by atoms with E-state index in [1.54, 1.807) is 42.5 Å². The van der Waals surface area contributed by atoms with Crippen LogP contribution in [0.15, 0.2) is 58.1 Å². The fourth-order valence-corrected chi connectivity index (χ4v) is 3.09. The van der Waals surface area contributed by atoms with Gasteiger partial charge in [-0.25, -0.2) is 5.43 Å². The molecule has 2 aromatic carbocycles. The summed E-state index contributed by atoms with van der Waals surface area (Å²) in [5.41, 5.74) is 3.32. The van der Waals surface area contributed by atoms with Crippen LogP contribution in [0.4, 0.5) is 5.13 Å². The molecule has 3 aromatic rings. The summed E-state index contributed by atoms with van der Waals surface area (Å²) in [6.45, 7) is 0. The molecule has 0 atom stereocenters. The Hall–Kier alpha value is -3.11. The Morgan fingerprint density at radius 2 is 1.89 bits per heavy atom. The van der Waals surface area contributed by atoms with Crippen molar-refractivity contribution in [1.82, 2.24) is 15.6 Å². The summed E-state index contributed by atoms with van der Waals surface area (Å²) in [6.07, 6.45) is 1.31. The Kier molecular flexibility index (Phi) is 6.45. The third-order valence-corrected chi connectivity index (χ3v) is 4.80. The van der Waals surface area contributed by atoms with Crippen LogP contribution in [0.3, 0.4) is 0 Å². The summed E-state index contributed by atoms with van der Waals surface area (Å²) < 4.78 is 0.874. The first-order valence-electron chi connectivity index (χ1n) is 8.00. The maximum atomic E-state index is 12.2. The molecule has 0 saturated carbocycles. The second kappa shape index (κ2) is 9.20. The topological polar surface area (TPSA) is 117 Å². The number of carbonyl (C=O) groups is 2. The standard InChI is InChI=1S/C18H14BrN5O3S/c19-13-7-5-11(6-8-13)17(27)21-18-24-23-16(28-18)9-15(26)22-20-10-12-3-1-2-4-14(12)25/h1-8,10,25H,9H2,(H,22,26)(H,21,24,27)/b20-10-. The minimum Gasteiger partial charge on any atom is -0.507 e. The number of hydrazone groups is 1. The highest BCUT2D eigenvalue weighted by Crippen LogP contribution is 2.18. The predicted molar refractivity (Wildman–Crippen MR) is 110 cm³/mol. The molecule has 0 unspecified atom stereocenters. The minimum absolute atomic E-state index is 0.0378. The number of aromatic nitrogens is 2. The lowest BCUT2D eigenvalue weighted by atomic mass is 10.2. The molecule has 0 radical (unpaired) electrons. The van der Waals surface area contributed by atoms with Crippen molar-refractivity contribution in [2.24, 2.45) is 5.10 Å². The van der Waals surface area contributed by atoms with E-state index in [4.69, 9.17) is 0 Å². The quantitative estimate of drug-likeness (QED) is 0.386. The van der Waals surface area contributed by atoms with E-state index < -0.39 is 5.91 Å². The van der Waals surface area contributed by atoms with Gasteiger partial charge in [-0.1, -0.05) is 39.4 Å². The van der Waals surface area contributed by atoms with Crippen molar-refractivity contribution in [3.8, 4) is 5.75 Å². The van der Waals surface area contributed by atoms with Gasteiger partial charge in [0.2, 0.25) is 11.0 Å². The van der Waals surface area contributed by atoms with Gasteiger partial charge in [-0.3, -0.25) is 14.9 Å². The number of para-hydroxylation sites is 1. The molecule has 0 bridgehead atoms. The van der Waals surface area contributed by atoms with Crippen LogP contribution >= 0.6 is 27.3 Å². The van der Waals surface area contributed by atoms with E-state index >= 15 is 0 Å². The van der Waals surface area contributed by atoms with Crippen LogP contribution in [0.5, 0.6) is 5.75 Å². The van der Waals surface area contributed by atoms with E-state index in [2.05, 4.69) is 42.0 Å². The smallest absolute Gasteiger partial charge is 0.257 e. The number of aromatic hydroxyl groups is 1. The average Bonchev–Trinajstić information content (AvgIpc) is 3.10. The number of amides is 2. The monoisotopic (exact) mass is 459 g/mol. The SMILES string of the molecule is O=C(Cc1nnc(NC(=O)c2ccc(Br)cc2)s1)N/N=C\c1ccccc1O. The lowest BCUT2D eigenvalue weighted by Crippen LogP contribution is -2.19. The van der Waals surface area contributed by atoms with Gasteiger partial charge in [0.1, 0.15) is 10.8 Å². The first kappa shape index (κ1) is 19.6. The highest BCUT2D eigenvalue weighted by Gasteiger charge is 2.12. The van der Waals surface area contributed by atoms with Crippen molar-refractivity contribution in [1.29, 1.82) is 0 Å². The van der Waals surface area contributed by atoms with Crippen LogP contribution < -0.4 is 10.7 Å². The molecule has 3 rings (SSSR count). The first-order chi connectivity index (χ1) is 13.5. The lowest BCUT2D eigenvalue weighted by Gasteiger charge is -2.00. The zero-order valence-corrected chi connectivity index (χ0v) is 16.7. The fourth-order valence-electron chi connectivity index (χ4n) is 2.09. The van der Waals surface area contributed by atoms with E-state index in [1.807, 2.05) is 0 Å². The summed E-state index contributed by atoms with van der Waals surface area (Å²) >= 11 is 4.41. The maximum Gasteiger partial charge on any atom is 0.257 e. The number of benzene rings is 2. The number of rotatable bonds is 6. The van der Waals surface area contributed by atoms with E-state index in [-0.39, 0.29) is 18.1 Å². The third-order valence-electron chi connectivity index (χ3n) is 3.44. The summed E-state index contributed by atoms with van der Waals surface area (Å²) in [6, 6.07) is 13.5. The highest BCUT2D eigenvalue weighted by molar-refractivity contribution is 9.10. The molecule has 0 aliphatic heterocycles. The van der Waals surface area contributed by atoms with Crippen LogP contribution in [0.1, 0.15) is 20.9 Å². The number of halogens is 1. The molecule has 3 N–H and O–H groups in total. The van der Waals surface area contributed by atoms with Crippen molar-refractivity contribution >= 4 is 50.4 Å². The number of phenolic OH excluding ortho intramolecular Hbond substituents is 1. The normalized spacial score (nSPS) is 10.8. The van der Waals surface area contributed by atoms with Crippen molar-refractivity contribution < 1.29 is 14.7 Å². The van der Waals surface area contributed by atoms with Gasteiger partial charge in [-0.15, -0.1) is 10.2 Å². The Morgan fingerprint density at radius 3 is 2.64 bits per heavy atom. The summed E-state index contributed by atoms with van der Waals surface area (Å²) in [5, 5.41) is 24.6. The Morgan fingerprint density at radius 1 is 1.14 bits per heavy atom. The maximum absolute atomic E-state index is 12.2. The van der Waals surface area contributed by atoms with Crippen molar-refractivity contribution in [3.63, 3.8) is 0 Å². The average molecular weight is 460 g/mol. The Bertz CT molecular complexity index is 1020. The molecular weight excluding hydrogens is 446 g/mol. The third kappa shape index (κ3) is 5.44. The van der Waals surface area contributed by atoms with E-state index in [0.717, 1.165) is 15.8 Å². The number of hydrogen-bond acceptors (Lipinski definition) is 7. The summed E-state index contributed by atoms with van der Waals surface area (Å²) in [4.78, 5) is 24.1. The van der Waals surface area contributed by atoms with E-state index in [9.17, 15) is 14.7 Å². The molecule has 1 aromatic heterocycles. The van der Waals surface area contributed by atoms with Crippen LogP contribution in [-0.2, 0) is 11.2 Å². The van der Waals surface area contributed by atoms with Crippen molar-refractivity contribution in [3.05, 3.63) is 69.1 Å². The van der Waals surface area contributed by atoms with Crippen LogP contribution in [0.2, 0.25) is 0 Å². The van der Waals surface area contributed by atoms with Crippen molar-refractivity contribution in [2.45, 2.75) is 6.42 Å². The van der Waals surface area contributed by atoms with Gasteiger partial charge in [0.15, 0.2) is 0 Å².